The van der Waals surface area contributed by atoms with Crippen molar-refractivity contribution in [2.45, 2.75) is 279 Å². The van der Waals surface area contributed by atoms with Gasteiger partial charge in [0, 0.05) is 22.7 Å². The second-order valence-electron chi connectivity index (χ2n) is 18.4. The predicted molar refractivity (Wildman–Crippen MR) is 268 cm³/mol. The molecule has 3 heteroatoms. The van der Waals surface area contributed by atoms with Gasteiger partial charge < -0.3 is 0 Å². The molecule has 0 radical (unpaired) electrons. The zero-order valence-electron chi connectivity index (χ0n) is 40.6. The fourth-order valence-electron chi connectivity index (χ4n) is 8.79. The van der Waals surface area contributed by atoms with Crippen molar-refractivity contribution in [1.29, 1.82) is 0 Å². The fourth-order valence-corrected chi connectivity index (χ4v) is 8.79. The van der Waals surface area contributed by atoms with E-state index in [-0.39, 0.29) is 16.5 Å². The SMILES string of the molecule is CCCCCCCCCCCCCCCCCCCCCCCC(C=Nc1ccc(CCCCC)c(CCCCC)c1)=Nc1ccc(CCCCC)c(CCCCC)c1.[Ni]. The average Bonchev–Trinajstić information content (AvgIpc) is 3.24. The second kappa shape index (κ2) is 41.3. The summed E-state index contributed by atoms with van der Waals surface area (Å²) in [4.78, 5) is 10.5. The molecule has 0 amide bonds. The molecule has 2 aromatic rings. The summed E-state index contributed by atoms with van der Waals surface area (Å²) in [5, 5.41) is 0. The summed E-state index contributed by atoms with van der Waals surface area (Å²) in [5.74, 6) is 0. The van der Waals surface area contributed by atoms with Crippen molar-refractivity contribution in [2.75, 3.05) is 0 Å². The van der Waals surface area contributed by atoms with E-state index in [9.17, 15) is 0 Å². The van der Waals surface area contributed by atoms with Gasteiger partial charge in [0.05, 0.1) is 17.1 Å². The molecule has 2 aromatic carbocycles. The van der Waals surface area contributed by atoms with Gasteiger partial charge in [-0.2, -0.15) is 0 Å². The van der Waals surface area contributed by atoms with Crippen LogP contribution in [-0.4, -0.2) is 11.9 Å². The average molecular weight is 870 g/mol. The zero-order chi connectivity index (χ0) is 42.3. The van der Waals surface area contributed by atoms with Gasteiger partial charge in [0.2, 0.25) is 0 Å². The van der Waals surface area contributed by atoms with Gasteiger partial charge >= 0.3 is 0 Å². The Kier molecular flexibility index (Phi) is 38.7. The molecule has 346 valence electrons. The van der Waals surface area contributed by atoms with E-state index in [1.165, 1.54) is 254 Å². The molecule has 0 bridgehead atoms. The molecule has 0 spiro atoms. The Balaban J connectivity index is 0.0000180. The van der Waals surface area contributed by atoms with Gasteiger partial charge in [0.1, 0.15) is 0 Å². The zero-order valence-corrected chi connectivity index (χ0v) is 41.6. The van der Waals surface area contributed by atoms with Crippen molar-refractivity contribution in [3.8, 4) is 0 Å². The largest absolute Gasteiger partial charge is 0.255 e. The monoisotopic (exact) mass is 869 g/mol. The topological polar surface area (TPSA) is 24.7 Å². The first kappa shape index (κ1) is 56.3. The molecule has 0 unspecified atom stereocenters. The first-order valence-electron chi connectivity index (χ1n) is 26.5. The van der Waals surface area contributed by atoms with E-state index in [0.717, 1.165) is 23.5 Å². The molecular formula is C57H98N2Ni. The minimum absolute atomic E-state index is 0. The molecule has 0 aromatic heterocycles. The van der Waals surface area contributed by atoms with Gasteiger partial charge in [-0.05, 0) is 111 Å². The third-order valence-corrected chi connectivity index (χ3v) is 12.8. The van der Waals surface area contributed by atoms with Crippen LogP contribution < -0.4 is 0 Å². The molecule has 0 saturated heterocycles. The second-order valence-corrected chi connectivity index (χ2v) is 18.4. The van der Waals surface area contributed by atoms with Crippen LogP contribution in [0.5, 0.6) is 0 Å². The molecule has 0 aliphatic rings. The maximum Gasteiger partial charge on any atom is 0.0636 e. The molecule has 0 aliphatic carbocycles. The number of aliphatic imine (C=N–C) groups is 2. The van der Waals surface area contributed by atoms with E-state index in [4.69, 9.17) is 9.98 Å². The number of benzene rings is 2. The quantitative estimate of drug-likeness (QED) is 0.0361. The van der Waals surface area contributed by atoms with Crippen LogP contribution in [0.1, 0.15) is 275 Å². The van der Waals surface area contributed by atoms with Gasteiger partial charge in [-0.25, -0.2) is 0 Å². The van der Waals surface area contributed by atoms with E-state index < -0.39 is 0 Å². The summed E-state index contributed by atoms with van der Waals surface area (Å²) in [6.45, 7) is 11.5. The number of nitrogens with zero attached hydrogens (tertiary/aromatic N) is 2. The van der Waals surface area contributed by atoms with E-state index >= 15 is 0 Å². The molecule has 0 fully saturated rings. The van der Waals surface area contributed by atoms with Gasteiger partial charge in [0.25, 0.3) is 0 Å². The maximum atomic E-state index is 5.34. The number of hydrogen-bond donors (Lipinski definition) is 0. The van der Waals surface area contributed by atoms with Crippen molar-refractivity contribution in [3.05, 3.63) is 58.7 Å². The summed E-state index contributed by atoms with van der Waals surface area (Å²) in [6, 6.07) is 14.1. The summed E-state index contributed by atoms with van der Waals surface area (Å²) >= 11 is 0. The van der Waals surface area contributed by atoms with Crippen molar-refractivity contribution in [3.63, 3.8) is 0 Å². The molecule has 2 nitrogen and oxygen atoms in total. The molecule has 60 heavy (non-hydrogen) atoms. The molecule has 0 atom stereocenters. The summed E-state index contributed by atoms with van der Waals surface area (Å²) in [7, 11) is 0. The Morgan fingerprint density at radius 3 is 1.03 bits per heavy atom. The molecule has 0 N–H and O–H groups in total. The normalized spacial score (nSPS) is 11.8. The Morgan fingerprint density at radius 1 is 0.350 bits per heavy atom. The van der Waals surface area contributed by atoms with E-state index in [0.29, 0.717) is 0 Å². The predicted octanol–water partition coefficient (Wildman–Crippen LogP) is 19.7. The van der Waals surface area contributed by atoms with E-state index in [2.05, 4.69) is 77.2 Å². The van der Waals surface area contributed by atoms with Crippen molar-refractivity contribution >= 4 is 23.3 Å². The molecular weight excluding hydrogens is 771 g/mol. The van der Waals surface area contributed by atoms with Gasteiger partial charge in [-0.15, -0.1) is 0 Å². The molecule has 2 rings (SSSR count). The maximum absolute atomic E-state index is 5.34. The third-order valence-electron chi connectivity index (χ3n) is 12.8. The van der Waals surface area contributed by atoms with Crippen molar-refractivity contribution in [1.82, 2.24) is 0 Å². The number of unbranched alkanes of at least 4 members (excludes halogenated alkanes) is 28. The number of aryl methyl sites for hydroxylation is 4. The standard InChI is InChI=1S/C57H98N2.Ni/c1-6-11-16-17-18-19-20-21-22-23-24-25-26-27-28-29-30-31-32-33-38-43-57(59-56-47-45-52(40-35-13-8-3)54(49-56)42-37-15-10-5)50-58-55-46-44-51(39-34-12-7-2)53(48-55)41-36-14-9-4;/h44-50H,6-43H2,1-5H3;. The first-order valence-corrected chi connectivity index (χ1v) is 26.5. The van der Waals surface area contributed by atoms with Crippen LogP contribution in [0.15, 0.2) is 46.4 Å². The fraction of sp³-hybridized carbons (Fsp3) is 0.754. The van der Waals surface area contributed by atoms with Crippen LogP contribution >= 0.6 is 0 Å². The Morgan fingerprint density at radius 2 is 0.650 bits per heavy atom. The minimum atomic E-state index is 0. The van der Waals surface area contributed by atoms with Gasteiger partial charge in [0.15, 0.2) is 0 Å². The summed E-state index contributed by atoms with van der Waals surface area (Å²) in [6.07, 6.45) is 53.1. The van der Waals surface area contributed by atoms with Crippen molar-refractivity contribution < 1.29 is 16.5 Å². The Bertz CT molecular complexity index is 1310. The number of hydrogen-bond acceptors (Lipinski definition) is 2. The Hall–Kier alpha value is -1.73. The molecule has 0 saturated carbocycles. The summed E-state index contributed by atoms with van der Waals surface area (Å²) < 4.78 is 0. The van der Waals surface area contributed by atoms with Crippen LogP contribution in [0.25, 0.3) is 0 Å². The van der Waals surface area contributed by atoms with Crippen molar-refractivity contribution in [2.24, 2.45) is 9.98 Å². The van der Waals surface area contributed by atoms with E-state index in [1.54, 1.807) is 5.56 Å². The van der Waals surface area contributed by atoms with Crippen LogP contribution in [0.2, 0.25) is 0 Å². The van der Waals surface area contributed by atoms with Gasteiger partial charge in [-0.3, -0.25) is 9.98 Å². The summed E-state index contributed by atoms with van der Waals surface area (Å²) in [5.41, 5.74) is 9.47. The minimum Gasteiger partial charge on any atom is -0.255 e. The van der Waals surface area contributed by atoms with Crippen LogP contribution in [0.4, 0.5) is 11.4 Å². The Labute approximate surface area is 385 Å². The molecule has 0 heterocycles. The van der Waals surface area contributed by atoms with Crippen LogP contribution in [0, 0.1) is 0 Å². The van der Waals surface area contributed by atoms with Crippen LogP contribution in [0.3, 0.4) is 0 Å². The van der Waals surface area contributed by atoms with Gasteiger partial charge in [-0.1, -0.05) is 227 Å². The number of rotatable bonds is 41. The first-order chi connectivity index (χ1) is 29.1. The smallest absolute Gasteiger partial charge is 0.0636 e. The molecule has 0 aliphatic heterocycles. The third kappa shape index (κ3) is 29.6. The van der Waals surface area contributed by atoms with E-state index in [1.807, 2.05) is 0 Å². The van der Waals surface area contributed by atoms with Crippen LogP contribution in [-0.2, 0) is 42.2 Å².